The highest BCUT2D eigenvalue weighted by molar-refractivity contribution is 6.10. The van der Waals surface area contributed by atoms with Crippen molar-refractivity contribution in [2.24, 2.45) is 11.8 Å². The predicted molar refractivity (Wildman–Crippen MR) is 139 cm³/mol. The van der Waals surface area contributed by atoms with Crippen LogP contribution in [0.3, 0.4) is 0 Å². The summed E-state index contributed by atoms with van der Waals surface area (Å²) in [6.45, 7) is 0.350. The highest BCUT2D eigenvalue weighted by Gasteiger charge is 2.55. The number of likely N-dealkylation sites (tertiary alicyclic amines) is 1. The fourth-order valence-corrected chi connectivity index (χ4v) is 5.17. The Morgan fingerprint density at radius 2 is 1.08 bits per heavy atom. The van der Waals surface area contributed by atoms with Crippen molar-refractivity contribution in [2.75, 3.05) is 28.4 Å². The Hall–Kier alpha value is -4.17. The van der Waals surface area contributed by atoms with Crippen molar-refractivity contribution >= 4 is 17.7 Å². The maximum Gasteiger partial charge on any atom is 0.318 e. The van der Waals surface area contributed by atoms with Crippen molar-refractivity contribution in [1.29, 1.82) is 0 Å². The number of piperidine rings is 1. The van der Waals surface area contributed by atoms with Crippen LogP contribution in [0.1, 0.15) is 28.8 Å². The first-order valence-electron chi connectivity index (χ1n) is 12.2. The molecule has 3 aromatic carbocycles. The van der Waals surface area contributed by atoms with Gasteiger partial charge in [0.2, 0.25) is 0 Å². The van der Waals surface area contributed by atoms with Gasteiger partial charge >= 0.3 is 11.9 Å². The van der Waals surface area contributed by atoms with Crippen LogP contribution in [0.4, 0.5) is 0 Å². The van der Waals surface area contributed by atoms with Crippen molar-refractivity contribution < 1.29 is 33.3 Å². The number of hydrogen-bond donors (Lipinski definition) is 0. The number of carbonyl (C=O) groups excluding carboxylic acids is 3. The average Bonchev–Trinajstić information content (AvgIpc) is 2.97. The van der Waals surface area contributed by atoms with Gasteiger partial charge in [-0.25, -0.2) is 0 Å². The van der Waals surface area contributed by atoms with Crippen molar-refractivity contribution in [3.63, 3.8) is 0 Å². The number of methoxy groups -OCH3 is 4. The van der Waals surface area contributed by atoms with Crippen LogP contribution in [0, 0.1) is 11.8 Å². The van der Waals surface area contributed by atoms with E-state index >= 15 is 0 Å². The van der Waals surface area contributed by atoms with Crippen molar-refractivity contribution in [1.82, 2.24) is 4.90 Å². The molecule has 198 valence electrons. The lowest BCUT2D eigenvalue weighted by Gasteiger charge is -2.48. The quantitative estimate of drug-likeness (QED) is 0.325. The second-order valence-electron chi connectivity index (χ2n) is 9.00. The van der Waals surface area contributed by atoms with E-state index in [0.29, 0.717) is 29.2 Å². The van der Waals surface area contributed by atoms with Gasteiger partial charge in [-0.05, 0) is 41.0 Å². The van der Waals surface area contributed by atoms with Gasteiger partial charge in [0.15, 0.2) is 5.78 Å². The molecule has 38 heavy (non-hydrogen) atoms. The molecule has 0 amide bonds. The number of ketones is 1. The molecule has 8 nitrogen and oxygen atoms in total. The number of rotatable bonds is 8. The fourth-order valence-electron chi connectivity index (χ4n) is 5.17. The Labute approximate surface area is 222 Å². The molecule has 1 saturated heterocycles. The Balaban J connectivity index is 1.96. The zero-order valence-electron chi connectivity index (χ0n) is 21.8. The predicted octanol–water partition coefficient (Wildman–Crippen LogP) is 4.15. The van der Waals surface area contributed by atoms with Crippen molar-refractivity contribution in [2.45, 2.75) is 18.6 Å². The minimum absolute atomic E-state index is 0.350. The largest absolute Gasteiger partial charge is 0.497 e. The molecule has 4 atom stereocenters. The minimum Gasteiger partial charge on any atom is -0.497 e. The topological polar surface area (TPSA) is 91.4 Å². The monoisotopic (exact) mass is 517 g/mol. The molecule has 1 fully saturated rings. The number of nitrogens with zero attached hydrogens (tertiary/aromatic N) is 1. The molecule has 4 rings (SSSR count). The van der Waals surface area contributed by atoms with Crippen LogP contribution in [0.15, 0.2) is 78.9 Å². The zero-order chi connectivity index (χ0) is 27.2. The summed E-state index contributed by atoms with van der Waals surface area (Å²) in [5, 5.41) is 0. The zero-order valence-corrected chi connectivity index (χ0v) is 21.8. The Kier molecular flexibility index (Phi) is 8.43. The lowest BCUT2D eigenvalue weighted by molar-refractivity contribution is -0.168. The number of Topliss-reactive ketones (excluding diaryl/α,β-unsaturated/α-hetero) is 1. The maximum atomic E-state index is 14.1. The summed E-state index contributed by atoms with van der Waals surface area (Å²) in [7, 11) is 5.62. The van der Waals surface area contributed by atoms with Crippen LogP contribution >= 0.6 is 0 Å². The van der Waals surface area contributed by atoms with Gasteiger partial charge in [-0.1, -0.05) is 54.6 Å². The molecule has 0 N–H and O–H groups in total. The molecule has 1 aliphatic heterocycles. The summed E-state index contributed by atoms with van der Waals surface area (Å²) in [6, 6.07) is 22.7. The Morgan fingerprint density at radius 3 is 1.45 bits per heavy atom. The molecule has 0 unspecified atom stereocenters. The third kappa shape index (κ3) is 5.26. The van der Waals surface area contributed by atoms with Gasteiger partial charge in [0.05, 0.1) is 40.5 Å². The number of ether oxygens (including phenoxy) is 4. The molecule has 0 aromatic heterocycles. The van der Waals surface area contributed by atoms with Crippen molar-refractivity contribution in [3.05, 3.63) is 95.6 Å². The van der Waals surface area contributed by atoms with Crippen LogP contribution in [0.5, 0.6) is 11.5 Å². The molecule has 0 saturated carbocycles. The van der Waals surface area contributed by atoms with E-state index < -0.39 is 41.6 Å². The van der Waals surface area contributed by atoms with Gasteiger partial charge in [-0.2, -0.15) is 0 Å². The van der Waals surface area contributed by atoms with E-state index in [1.165, 1.54) is 14.2 Å². The molecular weight excluding hydrogens is 486 g/mol. The molecule has 3 aromatic rings. The third-order valence-electron chi connectivity index (χ3n) is 6.99. The summed E-state index contributed by atoms with van der Waals surface area (Å²) in [4.78, 5) is 42.5. The van der Waals surface area contributed by atoms with Gasteiger partial charge in [0.25, 0.3) is 0 Å². The Morgan fingerprint density at radius 1 is 0.658 bits per heavy atom. The molecule has 0 radical (unpaired) electrons. The smallest absolute Gasteiger partial charge is 0.318 e. The number of esters is 2. The molecular formula is C30H31NO7. The third-order valence-corrected chi connectivity index (χ3v) is 6.99. The molecule has 8 heteroatoms. The summed E-state index contributed by atoms with van der Waals surface area (Å²) in [5.41, 5.74) is 2.38. The molecule has 1 heterocycles. The standard InChI is InChI=1S/C30H31NO7/c1-35-22-14-10-20(11-15-22)26-24(29(33)37-3)28(32)25(30(34)38-4)27(21-12-16-23(36-2)17-13-21)31(26)18-19-8-6-5-7-9-19/h5-17,24-27H,18H2,1-4H3/t24-,25+,26+,27-. The van der Waals surface area contributed by atoms with Crippen LogP contribution in [0.25, 0.3) is 0 Å². The van der Waals surface area contributed by atoms with E-state index in [0.717, 1.165) is 5.56 Å². The second-order valence-corrected chi connectivity index (χ2v) is 9.00. The number of benzene rings is 3. The van der Waals surface area contributed by atoms with Gasteiger partial charge in [-0.15, -0.1) is 0 Å². The van der Waals surface area contributed by atoms with Gasteiger partial charge < -0.3 is 18.9 Å². The highest BCUT2D eigenvalue weighted by Crippen LogP contribution is 2.48. The van der Waals surface area contributed by atoms with Gasteiger partial charge in [0.1, 0.15) is 23.3 Å². The fraction of sp³-hybridized carbons (Fsp3) is 0.300. The first-order valence-corrected chi connectivity index (χ1v) is 12.2. The van der Waals surface area contributed by atoms with E-state index in [1.54, 1.807) is 38.5 Å². The Bertz CT molecular complexity index is 1180. The lowest BCUT2D eigenvalue weighted by Crippen LogP contribution is -2.55. The maximum absolute atomic E-state index is 14.1. The number of hydrogen-bond acceptors (Lipinski definition) is 8. The van der Waals surface area contributed by atoms with Gasteiger partial charge in [-0.3, -0.25) is 19.3 Å². The molecule has 0 aliphatic carbocycles. The van der Waals surface area contributed by atoms with Gasteiger partial charge in [0, 0.05) is 6.54 Å². The molecule has 0 bridgehead atoms. The summed E-state index contributed by atoms with van der Waals surface area (Å²) < 4.78 is 20.9. The van der Waals surface area contributed by atoms with Crippen LogP contribution in [-0.2, 0) is 30.4 Å². The summed E-state index contributed by atoms with van der Waals surface area (Å²) in [5.74, 6) is -3.20. The summed E-state index contributed by atoms with van der Waals surface area (Å²) >= 11 is 0. The van der Waals surface area contributed by atoms with Crippen LogP contribution < -0.4 is 9.47 Å². The van der Waals surface area contributed by atoms with E-state index in [-0.39, 0.29) is 0 Å². The molecule has 1 aliphatic rings. The van der Waals surface area contributed by atoms with E-state index in [9.17, 15) is 14.4 Å². The summed E-state index contributed by atoms with van der Waals surface area (Å²) in [6.07, 6.45) is 0. The van der Waals surface area contributed by atoms with E-state index in [4.69, 9.17) is 18.9 Å². The first-order chi connectivity index (χ1) is 18.4. The number of carbonyl (C=O) groups is 3. The van der Waals surface area contributed by atoms with E-state index in [1.807, 2.05) is 59.5 Å². The molecule has 0 spiro atoms. The minimum atomic E-state index is -1.25. The van der Waals surface area contributed by atoms with Crippen LogP contribution in [-0.4, -0.2) is 51.1 Å². The van der Waals surface area contributed by atoms with Crippen molar-refractivity contribution in [3.8, 4) is 11.5 Å². The lowest BCUT2D eigenvalue weighted by atomic mass is 9.72. The van der Waals surface area contributed by atoms with Crippen LogP contribution in [0.2, 0.25) is 0 Å². The highest BCUT2D eigenvalue weighted by atomic mass is 16.5. The average molecular weight is 518 g/mol. The van der Waals surface area contributed by atoms with E-state index in [2.05, 4.69) is 0 Å². The second kappa shape index (κ2) is 11.9. The SMILES string of the molecule is COC(=O)[C@@H]1C(=O)[C@H](C(=O)OC)[C@H](c2ccc(OC)cc2)N(Cc2ccccc2)[C@@H]1c1ccc(OC)cc1. The normalized spacial score (nSPS) is 21.4. The first kappa shape index (κ1) is 26.9.